The summed E-state index contributed by atoms with van der Waals surface area (Å²) in [4.78, 5) is 11.4. The van der Waals surface area contributed by atoms with E-state index in [0.717, 1.165) is 12.8 Å². The molecule has 112 valence electrons. The fraction of sp³-hybridized carbons (Fsp3) is 0.812. The molecule has 1 atom stereocenters. The highest BCUT2D eigenvalue weighted by Crippen LogP contribution is 2.15. The van der Waals surface area contributed by atoms with Crippen LogP contribution in [0.5, 0.6) is 0 Å². The summed E-state index contributed by atoms with van der Waals surface area (Å²) in [6.07, 6.45) is 10.2. The zero-order chi connectivity index (χ0) is 14.7. The van der Waals surface area contributed by atoms with Crippen LogP contribution in [-0.2, 0) is 9.53 Å². The lowest BCUT2D eigenvalue weighted by Gasteiger charge is -2.14. The lowest BCUT2D eigenvalue weighted by Crippen LogP contribution is -2.20. The maximum absolute atomic E-state index is 11.4. The minimum Gasteiger partial charge on any atom is -0.434 e. The van der Waals surface area contributed by atoms with E-state index in [1.807, 2.05) is 20.8 Å². The fourth-order valence-corrected chi connectivity index (χ4v) is 1.60. The van der Waals surface area contributed by atoms with Crippen molar-refractivity contribution in [3.63, 3.8) is 0 Å². The van der Waals surface area contributed by atoms with Gasteiger partial charge in [-0.1, -0.05) is 39.0 Å². The molecule has 3 heteroatoms. The number of hydrogen-bond donors (Lipinski definition) is 1. The minimum absolute atomic E-state index is 0.252. The van der Waals surface area contributed by atoms with Gasteiger partial charge in [0, 0.05) is 0 Å². The number of aliphatic hydroxyl groups excluding tert-OH is 1. The maximum atomic E-state index is 11.4. The normalized spacial score (nSPS) is 13.7. The summed E-state index contributed by atoms with van der Waals surface area (Å²) in [7, 11) is 0. The Bertz CT molecular complexity index is 264. The fourth-order valence-electron chi connectivity index (χ4n) is 1.60. The third-order valence-electron chi connectivity index (χ3n) is 2.93. The van der Waals surface area contributed by atoms with Crippen molar-refractivity contribution in [3.8, 4) is 0 Å². The Labute approximate surface area is 118 Å². The Morgan fingerprint density at radius 3 is 2.42 bits per heavy atom. The van der Waals surface area contributed by atoms with Gasteiger partial charge in [0.2, 0.25) is 0 Å². The van der Waals surface area contributed by atoms with Crippen LogP contribution in [0.25, 0.3) is 0 Å². The highest BCUT2D eigenvalue weighted by atomic mass is 16.5. The van der Waals surface area contributed by atoms with E-state index in [-0.39, 0.29) is 12.1 Å². The first-order chi connectivity index (χ1) is 8.88. The second kappa shape index (κ2) is 10.0. The third-order valence-corrected chi connectivity index (χ3v) is 2.93. The van der Waals surface area contributed by atoms with E-state index in [1.54, 1.807) is 6.08 Å². The summed E-state index contributed by atoms with van der Waals surface area (Å²) in [6.45, 7) is 7.63. The molecular formula is C16H30O3. The zero-order valence-corrected chi connectivity index (χ0v) is 12.9. The van der Waals surface area contributed by atoms with Crippen molar-refractivity contribution in [1.82, 2.24) is 0 Å². The van der Waals surface area contributed by atoms with E-state index in [9.17, 15) is 9.90 Å². The van der Waals surface area contributed by atoms with Crippen LogP contribution in [-0.4, -0.2) is 17.2 Å². The quantitative estimate of drug-likeness (QED) is 0.388. The van der Waals surface area contributed by atoms with Crippen molar-refractivity contribution >= 4 is 5.97 Å². The van der Waals surface area contributed by atoms with Gasteiger partial charge in [-0.2, -0.15) is 0 Å². The Morgan fingerprint density at radius 2 is 1.84 bits per heavy atom. The van der Waals surface area contributed by atoms with Gasteiger partial charge in [0.25, 0.3) is 0 Å². The Balaban J connectivity index is 3.62. The van der Waals surface area contributed by atoms with Crippen LogP contribution in [0.4, 0.5) is 0 Å². The molecule has 0 saturated carbocycles. The molecule has 0 saturated heterocycles. The van der Waals surface area contributed by atoms with Crippen LogP contribution < -0.4 is 0 Å². The standard InChI is InChI=1S/C16H30O3/c1-5-6-7-8-9-11-14(17)12-10-13-19-15(18)16(2,3)4/h10,13-14,17H,5-9,11-12H2,1-4H3/b13-10-. The van der Waals surface area contributed by atoms with Crippen molar-refractivity contribution in [3.05, 3.63) is 12.3 Å². The zero-order valence-electron chi connectivity index (χ0n) is 12.9. The summed E-state index contributed by atoms with van der Waals surface area (Å²) in [6, 6.07) is 0. The summed E-state index contributed by atoms with van der Waals surface area (Å²) < 4.78 is 4.98. The molecule has 0 amide bonds. The van der Waals surface area contributed by atoms with Gasteiger partial charge < -0.3 is 9.84 Å². The van der Waals surface area contributed by atoms with E-state index in [0.29, 0.717) is 6.42 Å². The van der Waals surface area contributed by atoms with Gasteiger partial charge in [-0.15, -0.1) is 0 Å². The van der Waals surface area contributed by atoms with E-state index in [4.69, 9.17) is 4.74 Å². The summed E-state index contributed by atoms with van der Waals surface area (Å²) in [5.41, 5.74) is -0.484. The van der Waals surface area contributed by atoms with E-state index in [2.05, 4.69) is 6.92 Å². The molecule has 0 bridgehead atoms. The van der Waals surface area contributed by atoms with Crippen molar-refractivity contribution in [2.24, 2.45) is 5.41 Å². The number of aliphatic hydroxyl groups is 1. The van der Waals surface area contributed by atoms with Crippen LogP contribution in [0.3, 0.4) is 0 Å². The number of hydrogen-bond acceptors (Lipinski definition) is 3. The van der Waals surface area contributed by atoms with Crippen molar-refractivity contribution in [2.75, 3.05) is 0 Å². The van der Waals surface area contributed by atoms with Crippen LogP contribution in [0, 0.1) is 5.41 Å². The van der Waals surface area contributed by atoms with Gasteiger partial charge >= 0.3 is 5.97 Å². The highest BCUT2D eigenvalue weighted by molar-refractivity contribution is 5.75. The maximum Gasteiger partial charge on any atom is 0.316 e. The van der Waals surface area contributed by atoms with Crippen molar-refractivity contribution < 1.29 is 14.6 Å². The first-order valence-electron chi connectivity index (χ1n) is 7.42. The van der Waals surface area contributed by atoms with Crippen LogP contribution in [0.1, 0.15) is 72.6 Å². The largest absolute Gasteiger partial charge is 0.434 e. The molecule has 0 fully saturated rings. The SMILES string of the molecule is CCCCCCCC(O)C/C=C\OC(=O)C(C)(C)C. The van der Waals surface area contributed by atoms with Gasteiger partial charge in [0.05, 0.1) is 17.8 Å². The number of ether oxygens (including phenoxy) is 1. The third kappa shape index (κ3) is 10.8. The lowest BCUT2D eigenvalue weighted by atomic mass is 9.97. The van der Waals surface area contributed by atoms with Gasteiger partial charge in [-0.3, -0.25) is 4.79 Å². The topological polar surface area (TPSA) is 46.5 Å². The summed E-state index contributed by atoms with van der Waals surface area (Å²) >= 11 is 0. The number of unbranched alkanes of at least 4 members (excludes halogenated alkanes) is 4. The first-order valence-corrected chi connectivity index (χ1v) is 7.42. The van der Waals surface area contributed by atoms with Gasteiger partial charge in [-0.05, 0) is 39.7 Å². The Morgan fingerprint density at radius 1 is 1.21 bits per heavy atom. The van der Waals surface area contributed by atoms with Gasteiger partial charge in [-0.25, -0.2) is 0 Å². The minimum atomic E-state index is -0.484. The average Bonchev–Trinajstić information content (AvgIpc) is 2.33. The molecule has 0 aliphatic carbocycles. The molecule has 0 spiro atoms. The number of carbonyl (C=O) groups excluding carboxylic acids is 1. The Hall–Kier alpha value is -0.830. The monoisotopic (exact) mass is 270 g/mol. The molecule has 0 heterocycles. The molecule has 0 aliphatic rings. The smallest absolute Gasteiger partial charge is 0.316 e. The van der Waals surface area contributed by atoms with Crippen LogP contribution in [0.2, 0.25) is 0 Å². The lowest BCUT2D eigenvalue weighted by molar-refractivity contribution is -0.146. The predicted molar refractivity (Wildman–Crippen MR) is 78.7 cm³/mol. The molecule has 0 radical (unpaired) electrons. The molecule has 0 aliphatic heterocycles. The van der Waals surface area contributed by atoms with Crippen molar-refractivity contribution in [2.45, 2.75) is 78.7 Å². The van der Waals surface area contributed by atoms with Crippen LogP contribution >= 0.6 is 0 Å². The molecule has 1 N–H and O–H groups in total. The molecule has 0 aromatic rings. The van der Waals surface area contributed by atoms with Gasteiger partial charge in [0.15, 0.2) is 0 Å². The second-order valence-corrected chi connectivity index (χ2v) is 6.12. The van der Waals surface area contributed by atoms with E-state index in [1.165, 1.54) is 31.9 Å². The molecule has 3 nitrogen and oxygen atoms in total. The summed E-state index contributed by atoms with van der Waals surface area (Å²) in [5.74, 6) is -0.252. The van der Waals surface area contributed by atoms with E-state index >= 15 is 0 Å². The number of carbonyl (C=O) groups is 1. The average molecular weight is 270 g/mol. The molecular weight excluding hydrogens is 240 g/mol. The van der Waals surface area contributed by atoms with E-state index < -0.39 is 5.41 Å². The molecule has 0 rings (SSSR count). The number of rotatable bonds is 9. The van der Waals surface area contributed by atoms with Crippen LogP contribution in [0.15, 0.2) is 12.3 Å². The molecule has 19 heavy (non-hydrogen) atoms. The number of esters is 1. The molecule has 0 aromatic carbocycles. The van der Waals surface area contributed by atoms with Crippen molar-refractivity contribution in [1.29, 1.82) is 0 Å². The Kier molecular flexibility index (Phi) is 9.58. The molecule has 0 aromatic heterocycles. The second-order valence-electron chi connectivity index (χ2n) is 6.12. The first kappa shape index (κ1) is 18.2. The molecule has 1 unspecified atom stereocenters. The summed E-state index contributed by atoms with van der Waals surface area (Å²) in [5, 5.41) is 9.74. The highest BCUT2D eigenvalue weighted by Gasteiger charge is 2.22. The predicted octanol–water partition coefficient (Wildman–Crippen LogP) is 4.20. The van der Waals surface area contributed by atoms with Gasteiger partial charge in [0.1, 0.15) is 0 Å².